The topological polar surface area (TPSA) is 32.9 Å². The van der Waals surface area contributed by atoms with Crippen LogP contribution in [0.25, 0.3) is 38.6 Å². The standard InChI is InChI=1S/C39H30N4.C3H6/c1-40-39(41-2)30-20-26-33(27-21-30)42(31-10-4-3-5-11-31)32-22-16-28(17-23-32)29-18-24-34(25-19-29)43-37-14-8-6-12-35(37)36-13-7-9-15-38(36)43;1-3-2/h3-27H,1H2,2H3;3H,1H2,2H3. The van der Waals surface area contributed by atoms with Gasteiger partial charge in [0, 0.05) is 46.1 Å². The number of hydrogen-bond donors (Lipinski definition) is 0. The first-order valence-corrected chi connectivity index (χ1v) is 15.3. The summed E-state index contributed by atoms with van der Waals surface area (Å²) in [5, 5.41) is 2.54. The summed E-state index contributed by atoms with van der Waals surface area (Å²) in [5.41, 5.74) is 10.1. The predicted octanol–water partition coefficient (Wildman–Crippen LogP) is 11.2. The van der Waals surface area contributed by atoms with Crippen molar-refractivity contribution in [3.05, 3.63) is 170 Å². The van der Waals surface area contributed by atoms with Crippen molar-refractivity contribution in [2.75, 3.05) is 11.9 Å². The molecule has 46 heavy (non-hydrogen) atoms. The van der Waals surface area contributed by atoms with Gasteiger partial charge in [-0.15, -0.1) is 6.58 Å². The summed E-state index contributed by atoms with van der Waals surface area (Å²) in [6.45, 7) is 8.89. The second kappa shape index (κ2) is 13.7. The van der Waals surface area contributed by atoms with Gasteiger partial charge in [0.25, 0.3) is 0 Å². The van der Waals surface area contributed by atoms with Crippen LogP contribution in [0.4, 0.5) is 17.1 Å². The summed E-state index contributed by atoms with van der Waals surface area (Å²) in [4.78, 5) is 10.5. The molecule has 1 heterocycles. The molecule has 0 aliphatic carbocycles. The number of anilines is 3. The molecular formula is C42H36N4. The van der Waals surface area contributed by atoms with E-state index in [1.807, 2.05) is 25.1 Å². The molecule has 0 aliphatic rings. The molecule has 0 saturated carbocycles. The van der Waals surface area contributed by atoms with Crippen LogP contribution in [0.3, 0.4) is 0 Å². The fourth-order valence-corrected chi connectivity index (χ4v) is 5.88. The summed E-state index contributed by atoms with van der Waals surface area (Å²) in [7, 11) is 1.73. The second-order valence-electron chi connectivity index (χ2n) is 10.8. The molecule has 7 rings (SSSR count). The Morgan fingerprint density at radius 3 is 1.52 bits per heavy atom. The van der Waals surface area contributed by atoms with E-state index in [1.165, 1.54) is 32.9 Å². The monoisotopic (exact) mass is 596 g/mol. The van der Waals surface area contributed by atoms with Crippen LogP contribution in [-0.4, -0.2) is 24.2 Å². The van der Waals surface area contributed by atoms with Gasteiger partial charge in [-0.05, 0) is 97.6 Å². The van der Waals surface area contributed by atoms with Crippen molar-refractivity contribution in [1.29, 1.82) is 0 Å². The molecule has 0 aliphatic heterocycles. The number of para-hydroxylation sites is 3. The van der Waals surface area contributed by atoms with Crippen molar-refractivity contribution < 1.29 is 0 Å². The Balaban J connectivity index is 0.00000119. The van der Waals surface area contributed by atoms with Crippen molar-refractivity contribution in [2.24, 2.45) is 9.98 Å². The lowest BCUT2D eigenvalue weighted by Crippen LogP contribution is -2.10. The van der Waals surface area contributed by atoms with Gasteiger partial charge in [0.2, 0.25) is 0 Å². The summed E-state index contributed by atoms with van der Waals surface area (Å²) >= 11 is 0. The molecule has 0 saturated heterocycles. The molecule has 4 heteroatoms. The smallest absolute Gasteiger partial charge is 0.153 e. The lowest BCUT2D eigenvalue weighted by Gasteiger charge is -2.26. The summed E-state index contributed by atoms with van der Waals surface area (Å²) < 4.78 is 2.35. The maximum absolute atomic E-state index is 4.23. The fraction of sp³-hybridized carbons (Fsp3) is 0.0476. The van der Waals surface area contributed by atoms with Crippen molar-refractivity contribution in [3.63, 3.8) is 0 Å². The lowest BCUT2D eigenvalue weighted by atomic mass is 10.0. The molecule has 1 aromatic heterocycles. The molecule has 224 valence electrons. The molecule has 4 nitrogen and oxygen atoms in total. The Kier molecular flexibility index (Phi) is 8.98. The van der Waals surface area contributed by atoms with Crippen molar-refractivity contribution in [1.82, 2.24) is 4.57 Å². The SMILES string of the molecule is C=CC.C=NC(=NC)c1ccc(N(c2ccccc2)c2ccc(-c3ccc(-n4c5ccccc5c5ccccc54)cc3)cc2)cc1. The van der Waals surface area contributed by atoms with Crippen LogP contribution in [0.2, 0.25) is 0 Å². The van der Waals surface area contributed by atoms with Crippen LogP contribution in [0.1, 0.15) is 12.5 Å². The van der Waals surface area contributed by atoms with E-state index in [2.05, 4.69) is 166 Å². The molecule has 0 spiro atoms. The highest BCUT2D eigenvalue weighted by Gasteiger charge is 2.14. The number of nitrogens with zero attached hydrogens (tertiary/aromatic N) is 4. The number of rotatable bonds is 6. The zero-order valence-corrected chi connectivity index (χ0v) is 26.2. The van der Waals surface area contributed by atoms with Gasteiger partial charge in [-0.25, -0.2) is 4.99 Å². The highest BCUT2D eigenvalue weighted by Crippen LogP contribution is 2.36. The van der Waals surface area contributed by atoms with Crippen molar-refractivity contribution in [2.45, 2.75) is 6.92 Å². The minimum absolute atomic E-state index is 0.631. The number of amidine groups is 1. The Hall–Kier alpha value is -6.00. The highest BCUT2D eigenvalue weighted by molar-refractivity contribution is 6.09. The Morgan fingerprint density at radius 2 is 1.02 bits per heavy atom. The molecule has 0 bridgehead atoms. The molecule has 0 atom stereocenters. The number of aliphatic imine (C=N–C) groups is 2. The van der Waals surface area contributed by atoms with Gasteiger partial charge in [-0.3, -0.25) is 4.99 Å². The van der Waals surface area contributed by atoms with Gasteiger partial charge in [0.05, 0.1) is 11.0 Å². The van der Waals surface area contributed by atoms with E-state index in [0.29, 0.717) is 5.84 Å². The van der Waals surface area contributed by atoms with Gasteiger partial charge in [-0.1, -0.05) is 84.9 Å². The Morgan fingerprint density at radius 1 is 0.587 bits per heavy atom. The average Bonchev–Trinajstić information content (AvgIpc) is 3.45. The van der Waals surface area contributed by atoms with E-state index in [9.17, 15) is 0 Å². The molecular weight excluding hydrogens is 560 g/mol. The highest BCUT2D eigenvalue weighted by atomic mass is 15.1. The van der Waals surface area contributed by atoms with Crippen molar-refractivity contribution >= 4 is 51.4 Å². The molecule has 0 fully saturated rings. The van der Waals surface area contributed by atoms with E-state index in [-0.39, 0.29) is 0 Å². The van der Waals surface area contributed by atoms with Gasteiger partial charge >= 0.3 is 0 Å². The molecule has 0 unspecified atom stereocenters. The molecule has 6 aromatic carbocycles. The molecule has 0 N–H and O–H groups in total. The minimum Gasteiger partial charge on any atom is -0.311 e. The first-order valence-electron chi connectivity index (χ1n) is 15.3. The quantitative estimate of drug-likeness (QED) is 0.107. The zero-order valence-electron chi connectivity index (χ0n) is 26.2. The van der Waals surface area contributed by atoms with Gasteiger partial charge in [0.1, 0.15) is 0 Å². The number of hydrogen-bond acceptors (Lipinski definition) is 2. The van der Waals surface area contributed by atoms with E-state index < -0.39 is 0 Å². The average molecular weight is 597 g/mol. The van der Waals surface area contributed by atoms with Gasteiger partial charge < -0.3 is 9.47 Å². The molecule has 7 aromatic rings. The summed E-state index contributed by atoms with van der Waals surface area (Å²) in [5.74, 6) is 0.631. The Bertz CT molecular complexity index is 2070. The van der Waals surface area contributed by atoms with E-state index in [0.717, 1.165) is 28.3 Å². The van der Waals surface area contributed by atoms with Gasteiger partial charge in [-0.2, -0.15) is 0 Å². The molecule has 0 amide bonds. The van der Waals surface area contributed by atoms with E-state index in [4.69, 9.17) is 0 Å². The third-order valence-electron chi connectivity index (χ3n) is 7.92. The van der Waals surface area contributed by atoms with E-state index in [1.54, 1.807) is 13.1 Å². The van der Waals surface area contributed by atoms with Crippen LogP contribution >= 0.6 is 0 Å². The van der Waals surface area contributed by atoms with E-state index >= 15 is 0 Å². The minimum atomic E-state index is 0.631. The first kappa shape index (κ1) is 30.0. The number of fused-ring (bicyclic) bond motifs is 3. The third kappa shape index (κ3) is 5.89. The number of allylic oxidation sites excluding steroid dienone is 1. The predicted molar refractivity (Wildman–Crippen MR) is 199 cm³/mol. The largest absolute Gasteiger partial charge is 0.311 e. The molecule has 0 radical (unpaired) electrons. The van der Waals surface area contributed by atoms with Crippen molar-refractivity contribution in [3.8, 4) is 16.8 Å². The fourth-order valence-electron chi connectivity index (χ4n) is 5.88. The maximum Gasteiger partial charge on any atom is 0.153 e. The number of aromatic nitrogens is 1. The van der Waals surface area contributed by atoms with Gasteiger partial charge in [0.15, 0.2) is 5.84 Å². The zero-order chi connectivity index (χ0) is 31.9. The summed E-state index contributed by atoms with van der Waals surface area (Å²) in [6.07, 6.45) is 1.75. The first-order chi connectivity index (χ1) is 22.7. The second-order valence-corrected chi connectivity index (χ2v) is 10.8. The normalized spacial score (nSPS) is 11.1. The number of benzene rings is 6. The van der Waals surface area contributed by atoms with Crippen LogP contribution in [-0.2, 0) is 0 Å². The Labute approximate surface area is 270 Å². The lowest BCUT2D eigenvalue weighted by molar-refractivity contribution is 1.18. The maximum atomic E-state index is 4.23. The third-order valence-corrected chi connectivity index (χ3v) is 7.92. The van der Waals surface area contributed by atoms with Crippen LogP contribution in [0.15, 0.2) is 174 Å². The summed E-state index contributed by atoms with van der Waals surface area (Å²) in [6, 6.07) is 53.5. The van der Waals surface area contributed by atoms with Crippen LogP contribution in [0.5, 0.6) is 0 Å². The van der Waals surface area contributed by atoms with Crippen LogP contribution < -0.4 is 4.90 Å². The van der Waals surface area contributed by atoms with Crippen LogP contribution in [0, 0.1) is 0 Å².